The lowest BCUT2D eigenvalue weighted by Crippen LogP contribution is -2.13. The molecule has 0 bridgehead atoms. The Morgan fingerprint density at radius 3 is 2.43 bits per heavy atom. The van der Waals surface area contributed by atoms with E-state index in [1.807, 2.05) is 47.1 Å². The van der Waals surface area contributed by atoms with Gasteiger partial charge in [0.15, 0.2) is 5.82 Å². The zero-order chi connectivity index (χ0) is 14.7. The molecule has 0 fully saturated rings. The molecule has 5 heteroatoms. The maximum absolute atomic E-state index is 5.74. The lowest BCUT2D eigenvalue weighted by Gasteiger charge is -2.17. The Labute approximate surface area is 123 Å². The summed E-state index contributed by atoms with van der Waals surface area (Å²) < 4.78 is 1.88. The Morgan fingerprint density at radius 2 is 1.76 bits per heavy atom. The molecule has 5 nitrogen and oxygen atoms in total. The van der Waals surface area contributed by atoms with E-state index in [9.17, 15) is 0 Å². The van der Waals surface area contributed by atoms with Crippen LogP contribution in [0.25, 0.3) is 11.4 Å². The first kappa shape index (κ1) is 13.3. The number of nitrogens with two attached hydrogens (primary N) is 1. The second-order valence-corrected chi connectivity index (χ2v) is 4.90. The van der Waals surface area contributed by atoms with Crippen LogP contribution in [0.4, 0.5) is 5.69 Å². The summed E-state index contributed by atoms with van der Waals surface area (Å²) in [6, 6.07) is 18.0. The summed E-state index contributed by atoms with van der Waals surface area (Å²) in [4.78, 5) is 0. The van der Waals surface area contributed by atoms with Gasteiger partial charge in [0.2, 0.25) is 0 Å². The number of benzene rings is 2. The monoisotopic (exact) mass is 279 g/mol. The standard InChI is InChI=1S/C16H17N5/c1-2-15(12-6-4-3-5-7-12)21-16(18-19-20-21)13-8-10-14(17)11-9-13/h3-11,15H,2,17H2,1H3. The van der Waals surface area contributed by atoms with Gasteiger partial charge in [0.05, 0.1) is 6.04 Å². The second-order valence-electron chi connectivity index (χ2n) is 4.90. The number of tetrazole rings is 1. The van der Waals surface area contributed by atoms with Crippen molar-refractivity contribution >= 4 is 5.69 Å². The van der Waals surface area contributed by atoms with Crippen molar-refractivity contribution in [1.29, 1.82) is 0 Å². The lowest BCUT2D eigenvalue weighted by atomic mass is 10.0. The van der Waals surface area contributed by atoms with E-state index in [2.05, 4.69) is 34.6 Å². The molecule has 0 saturated heterocycles. The van der Waals surface area contributed by atoms with Gasteiger partial charge in [-0.3, -0.25) is 0 Å². The molecule has 1 heterocycles. The summed E-state index contributed by atoms with van der Waals surface area (Å²) in [7, 11) is 0. The van der Waals surface area contributed by atoms with Gasteiger partial charge in [0.25, 0.3) is 0 Å². The van der Waals surface area contributed by atoms with Crippen LogP contribution in [0.5, 0.6) is 0 Å². The Hall–Kier alpha value is -2.69. The number of nitrogen functional groups attached to an aromatic ring is 1. The van der Waals surface area contributed by atoms with E-state index in [4.69, 9.17) is 5.73 Å². The predicted molar refractivity (Wildman–Crippen MR) is 82.5 cm³/mol. The van der Waals surface area contributed by atoms with Crippen LogP contribution >= 0.6 is 0 Å². The van der Waals surface area contributed by atoms with E-state index in [0.29, 0.717) is 0 Å². The molecule has 1 unspecified atom stereocenters. The Bertz CT molecular complexity index is 703. The molecule has 1 aromatic heterocycles. The molecule has 0 radical (unpaired) electrons. The van der Waals surface area contributed by atoms with Crippen LogP contribution < -0.4 is 5.73 Å². The quantitative estimate of drug-likeness (QED) is 0.745. The highest BCUT2D eigenvalue weighted by molar-refractivity contribution is 5.58. The summed E-state index contributed by atoms with van der Waals surface area (Å²) in [5.74, 6) is 0.755. The Kier molecular flexibility index (Phi) is 3.64. The van der Waals surface area contributed by atoms with E-state index in [1.165, 1.54) is 5.56 Å². The molecular formula is C16H17N5. The minimum absolute atomic E-state index is 0.119. The van der Waals surface area contributed by atoms with Crippen molar-refractivity contribution in [1.82, 2.24) is 20.2 Å². The molecule has 0 spiro atoms. The minimum atomic E-state index is 0.119. The van der Waals surface area contributed by atoms with Crippen molar-refractivity contribution < 1.29 is 0 Å². The predicted octanol–water partition coefficient (Wildman–Crippen LogP) is 2.92. The fraction of sp³-hybridized carbons (Fsp3) is 0.188. The number of hydrogen-bond acceptors (Lipinski definition) is 4. The maximum atomic E-state index is 5.74. The van der Waals surface area contributed by atoms with E-state index >= 15 is 0 Å². The van der Waals surface area contributed by atoms with Gasteiger partial charge < -0.3 is 5.73 Å². The highest BCUT2D eigenvalue weighted by atomic mass is 15.5. The van der Waals surface area contributed by atoms with Gasteiger partial charge in [0.1, 0.15) is 0 Å². The van der Waals surface area contributed by atoms with Gasteiger partial charge in [-0.1, -0.05) is 37.3 Å². The fourth-order valence-corrected chi connectivity index (χ4v) is 2.45. The molecule has 0 aliphatic rings. The summed E-state index contributed by atoms with van der Waals surface area (Å²) in [5, 5.41) is 12.2. The molecular weight excluding hydrogens is 262 g/mol. The average molecular weight is 279 g/mol. The molecule has 0 aliphatic carbocycles. The van der Waals surface area contributed by atoms with Crippen LogP contribution in [0.1, 0.15) is 24.9 Å². The van der Waals surface area contributed by atoms with E-state index < -0.39 is 0 Å². The zero-order valence-electron chi connectivity index (χ0n) is 11.8. The van der Waals surface area contributed by atoms with Crippen LogP contribution in [-0.4, -0.2) is 20.2 Å². The van der Waals surface area contributed by atoms with Crippen LogP contribution in [0.2, 0.25) is 0 Å². The van der Waals surface area contributed by atoms with Gasteiger partial charge in [-0.25, -0.2) is 4.68 Å². The normalized spacial score (nSPS) is 12.2. The Balaban J connectivity index is 2.03. The fourth-order valence-electron chi connectivity index (χ4n) is 2.45. The van der Waals surface area contributed by atoms with Crippen molar-refractivity contribution in [3.05, 3.63) is 60.2 Å². The van der Waals surface area contributed by atoms with Gasteiger partial charge in [-0.2, -0.15) is 0 Å². The maximum Gasteiger partial charge on any atom is 0.182 e. The zero-order valence-corrected chi connectivity index (χ0v) is 11.8. The first-order valence-corrected chi connectivity index (χ1v) is 6.98. The van der Waals surface area contributed by atoms with Gasteiger partial charge in [-0.05, 0) is 46.7 Å². The van der Waals surface area contributed by atoms with Crippen molar-refractivity contribution in [2.75, 3.05) is 5.73 Å². The first-order valence-electron chi connectivity index (χ1n) is 6.98. The molecule has 106 valence electrons. The summed E-state index contributed by atoms with van der Waals surface area (Å²) in [5.41, 5.74) is 8.63. The molecule has 0 aliphatic heterocycles. The van der Waals surface area contributed by atoms with Crippen molar-refractivity contribution in [3.8, 4) is 11.4 Å². The smallest absolute Gasteiger partial charge is 0.182 e. The number of rotatable bonds is 4. The minimum Gasteiger partial charge on any atom is -0.399 e. The molecule has 2 N–H and O–H groups in total. The van der Waals surface area contributed by atoms with Crippen molar-refractivity contribution in [3.63, 3.8) is 0 Å². The third-order valence-electron chi connectivity index (χ3n) is 3.53. The van der Waals surface area contributed by atoms with Gasteiger partial charge >= 0.3 is 0 Å². The summed E-state index contributed by atoms with van der Waals surface area (Å²) >= 11 is 0. The number of hydrogen-bond donors (Lipinski definition) is 1. The van der Waals surface area contributed by atoms with Crippen LogP contribution in [0.15, 0.2) is 54.6 Å². The average Bonchev–Trinajstić information content (AvgIpc) is 2.99. The number of anilines is 1. The Morgan fingerprint density at radius 1 is 1.05 bits per heavy atom. The highest BCUT2D eigenvalue weighted by Crippen LogP contribution is 2.26. The first-order chi connectivity index (χ1) is 10.3. The second kappa shape index (κ2) is 5.75. The number of aromatic nitrogens is 4. The molecule has 3 aromatic rings. The van der Waals surface area contributed by atoms with Gasteiger partial charge in [-0.15, -0.1) is 5.10 Å². The highest BCUT2D eigenvalue weighted by Gasteiger charge is 2.18. The molecule has 0 amide bonds. The SMILES string of the molecule is CCC(c1ccccc1)n1nnnc1-c1ccc(N)cc1. The van der Waals surface area contributed by atoms with Crippen molar-refractivity contribution in [2.24, 2.45) is 0 Å². The summed E-state index contributed by atoms with van der Waals surface area (Å²) in [6.45, 7) is 2.13. The van der Waals surface area contributed by atoms with E-state index in [0.717, 1.165) is 23.5 Å². The van der Waals surface area contributed by atoms with Crippen molar-refractivity contribution in [2.45, 2.75) is 19.4 Å². The van der Waals surface area contributed by atoms with Gasteiger partial charge in [0, 0.05) is 11.3 Å². The van der Waals surface area contributed by atoms with Crippen LogP contribution in [0.3, 0.4) is 0 Å². The molecule has 1 atom stereocenters. The third-order valence-corrected chi connectivity index (χ3v) is 3.53. The van der Waals surface area contributed by atoms with Crippen LogP contribution in [-0.2, 0) is 0 Å². The molecule has 21 heavy (non-hydrogen) atoms. The third kappa shape index (κ3) is 2.63. The van der Waals surface area contributed by atoms with E-state index in [1.54, 1.807) is 0 Å². The molecule has 2 aromatic carbocycles. The lowest BCUT2D eigenvalue weighted by molar-refractivity contribution is 0.498. The topological polar surface area (TPSA) is 69.6 Å². The van der Waals surface area contributed by atoms with Crippen LogP contribution in [0, 0.1) is 0 Å². The van der Waals surface area contributed by atoms with E-state index in [-0.39, 0.29) is 6.04 Å². The summed E-state index contributed by atoms with van der Waals surface area (Å²) in [6.07, 6.45) is 0.914. The molecule has 0 saturated carbocycles. The largest absolute Gasteiger partial charge is 0.399 e. The number of nitrogens with zero attached hydrogens (tertiary/aromatic N) is 4. The molecule has 3 rings (SSSR count).